The number of nitrogens with one attached hydrogen (secondary N) is 1. The average Bonchev–Trinajstić information content (AvgIpc) is 2.93. The molecule has 3 N–H and O–H groups in total. The van der Waals surface area contributed by atoms with E-state index in [-0.39, 0.29) is 12.8 Å². The Bertz CT molecular complexity index is 674. The monoisotopic (exact) mass is 605 g/mol. The molecule has 9 nitrogen and oxygen atoms in total. The predicted octanol–water partition coefficient (Wildman–Crippen LogP) is 8.62. The van der Waals surface area contributed by atoms with Gasteiger partial charge in [-0.2, -0.15) is 5.09 Å². The molecule has 0 saturated carbocycles. The van der Waals surface area contributed by atoms with Gasteiger partial charge in [-0.25, -0.2) is 4.57 Å². The lowest BCUT2D eigenvalue weighted by Crippen LogP contribution is -2.39. The Labute approximate surface area is 249 Å². The second-order valence-corrected chi connectivity index (χ2v) is 12.8. The molecular formula is C31H60NO8P. The lowest BCUT2D eigenvalue weighted by Gasteiger charge is -2.21. The van der Waals surface area contributed by atoms with Gasteiger partial charge in [-0.1, -0.05) is 142 Å². The molecule has 0 aliphatic heterocycles. The van der Waals surface area contributed by atoms with E-state index in [1.54, 1.807) is 0 Å². The molecule has 0 unspecified atom stereocenters. The molecule has 0 radical (unpaired) electrons. The Morgan fingerprint density at radius 3 is 1.15 bits per heavy atom. The first kappa shape index (κ1) is 39.6. The first-order valence-electron chi connectivity index (χ1n) is 16.4. The Balaban J connectivity index is 4.36. The van der Waals surface area contributed by atoms with Crippen LogP contribution < -0.4 is 5.09 Å². The van der Waals surface area contributed by atoms with Crippen LogP contribution in [0.4, 0.5) is 0 Å². The summed E-state index contributed by atoms with van der Waals surface area (Å²) >= 11 is 0. The summed E-state index contributed by atoms with van der Waals surface area (Å²) < 4.78 is 23.1. The van der Waals surface area contributed by atoms with Gasteiger partial charge in [0.2, 0.25) is 0 Å². The third-order valence-electron chi connectivity index (χ3n) is 7.21. The van der Waals surface area contributed by atoms with Crippen LogP contribution in [0.15, 0.2) is 0 Å². The molecule has 0 aliphatic carbocycles. The van der Waals surface area contributed by atoms with Crippen LogP contribution in [0, 0.1) is 0 Å². The number of rotatable bonds is 30. The summed E-state index contributed by atoms with van der Waals surface area (Å²) in [6.45, 7) is 3.51. The molecule has 41 heavy (non-hydrogen) atoms. The quantitative estimate of drug-likeness (QED) is 0.0542. The second-order valence-electron chi connectivity index (χ2n) is 11.2. The number of unbranched alkanes of at least 4 members (excludes halogenated alkanes) is 20. The lowest BCUT2D eigenvalue weighted by molar-refractivity contribution is -0.143. The van der Waals surface area contributed by atoms with Crippen molar-refractivity contribution in [1.82, 2.24) is 5.09 Å². The van der Waals surface area contributed by atoms with Crippen molar-refractivity contribution in [2.45, 2.75) is 174 Å². The van der Waals surface area contributed by atoms with Gasteiger partial charge < -0.3 is 19.3 Å². The Hall–Kier alpha value is -1.44. The number of aliphatic carboxylic acids is 1. The maximum atomic E-state index is 13.1. The van der Waals surface area contributed by atoms with Crippen LogP contribution in [0.1, 0.15) is 168 Å². The van der Waals surface area contributed by atoms with Crippen molar-refractivity contribution in [1.29, 1.82) is 0 Å². The topological polar surface area (TPSA) is 139 Å². The van der Waals surface area contributed by atoms with Crippen molar-refractivity contribution in [2.75, 3.05) is 6.61 Å². The summed E-state index contributed by atoms with van der Waals surface area (Å²) in [5.41, 5.74) is 0. The molecule has 1 atom stereocenters. The van der Waals surface area contributed by atoms with Gasteiger partial charge in [0.25, 0.3) is 0 Å². The van der Waals surface area contributed by atoms with E-state index in [4.69, 9.17) is 9.05 Å². The normalized spacial score (nSPS) is 12.3. The van der Waals surface area contributed by atoms with Crippen LogP contribution in [0.3, 0.4) is 0 Å². The minimum Gasteiger partial charge on any atom is -0.480 e. The van der Waals surface area contributed by atoms with E-state index in [0.29, 0.717) is 12.8 Å². The van der Waals surface area contributed by atoms with Crippen LogP contribution >= 0.6 is 7.75 Å². The number of carboxylic acids is 1. The van der Waals surface area contributed by atoms with Gasteiger partial charge in [0.05, 0.1) is 6.61 Å². The molecule has 0 spiro atoms. The second kappa shape index (κ2) is 27.4. The molecule has 0 aromatic carbocycles. The van der Waals surface area contributed by atoms with Crippen LogP contribution in [0.2, 0.25) is 0 Å². The molecule has 0 fully saturated rings. The van der Waals surface area contributed by atoms with Crippen LogP contribution in [-0.4, -0.2) is 40.8 Å². The molecule has 0 rings (SSSR count). The first-order valence-corrected chi connectivity index (χ1v) is 18.0. The molecule has 0 amide bonds. The van der Waals surface area contributed by atoms with Crippen LogP contribution in [-0.2, 0) is 28.0 Å². The van der Waals surface area contributed by atoms with Gasteiger partial charge in [0.1, 0.15) is 6.04 Å². The summed E-state index contributed by atoms with van der Waals surface area (Å²) in [5, 5.41) is 20.6. The number of carboxylic acid groups (broad SMARTS) is 1. The smallest absolute Gasteiger partial charge is 0.480 e. The fourth-order valence-corrected chi connectivity index (χ4v) is 6.10. The Kier molecular flexibility index (Phi) is 26.4. The van der Waals surface area contributed by atoms with E-state index in [2.05, 4.69) is 13.8 Å². The molecule has 0 heterocycles. The molecule has 242 valence electrons. The number of aliphatic hydroxyl groups is 1. The number of hydrogen-bond acceptors (Lipinski definition) is 7. The third kappa shape index (κ3) is 24.8. The summed E-state index contributed by atoms with van der Waals surface area (Å²) in [6.07, 6.45) is 24.4. The van der Waals surface area contributed by atoms with Crippen molar-refractivity contribution >= 4 is 25.7 Å². The van der Waals surface area contributed by atoms with E-state index in [1.807, 2.05) is 5.09 Å². The number of carbonyl (C=O) groups excluding carboxylic acids is 2. The Morgan fingerprint density at radius 2 is 0.878 bits per heavy atom. The summed E-state index contributed by atoms with van der Waals surface area (Å²) in [6, 6.07) is -1.70. The maximum absolute atomic E-state index is 13.1. The molecule has 0 aromatic heterocycles. The van der Waals surface area contributed by atoms with Crippen molar-refractivity contribution in [3.8, 4) is 0 Å². The molecule has 0 bridgehead atoms. The van der Waals surface area contributed by atoms with Crippen molar-refractivity contribution in [3.05, 3.63) is 0 Å². The van der Waals surface area contributed by atoms with E-state index in [9.17, 15) is 29.2 Å². The fraction of sp³-hybridized carbons (Fsp3) is 0.903. The summed E-state index contributed by atoms with van der Waals surface area (Å²) in [7, 11) is -4.61. The Morgan fingerprint density at radius 1 is 0.585 bits per heavy atom. The van der Waals surface area contributed by atoms with Crippen LogP contribution in [0.5, 0.6) is 0 Å². The van der Waals surface area contributed by atoms with Crippen molar-refractivity contribution in [2.24, 2.45) is 0 Å². The van der Waals surface area contributed by atoms with Crippen molar-refractivity contribution in [3.63, 3.8) is 0 Å². The highest BCUT2D eigenvalue weighted by Crippen LogP contribution is 2.45. The lowest BCUT2D eigenvalue weighted by atomic mass is 10.1. The number of aliphatic hydroxyl groups excluding tert-OH is 1. The summed E-state index contributed by atoms with van der Waals surface area (Å²) in [5.74, 6) is -3.17. The van der Waals surface area contributed by atoms with Gasteiger partial charge in [-0.15, -0.1) is 0 Å². The van der Waals surface area contributed by atoms with E-state index >= 15 is 0 Å². The zero-order valence-electron chi connectivity index (χ0n) is 26.0. The maximum Gasteiger partial charge on any atom is 0.518 e. The van der Waals surface area contributed by atoms with E-state index in [0.717, 1.165) is 38.5 Å². The number of hydrogen-bond donors (Lipinski definition) is 3. The van der Waals surface area contributed by atoms with Gasteiger partial charge in [0.15, 0.2) is 0 Å². The third-order valence-corrected chi connectivity index (χ3v) is 8.72. The van der Waals surface area contributed by atoms with Gasteiger partial charge in [-0.3, -0.25) is 14.4 Å². The molecule has 0 saturated heterocycles. The van der Waals surface area contributed by atoms with Crippen molar-refractivity contribution < 1.29 is 38.2 Å². The fourth-order valence-electron chi connectivity index (χ4n) is 4.66. The highest BCUT2D eigenvalue weighted by molar-refractivity contribution is 7.52. The highest BCUT2D eigenvalue weighted by atomic mass is 31.2. The van der Waals surface area contributed by atoms with Gasteiger partial charge in [-0.05, 0) is 12.8 Å². The predicted molar refractivity (Wildman–Crippen MR) is 164 cm³/mol. The summed E-state index contributed by atoms with van der Waals surface area (Å²) in [4.78, 5) is 36.1. The minimum absolute atomic E-state index is 0.0181. The largest absolute Gasteiger partial charge is 0.518 e. The zero-order valence-corrected chi connectivity index (χ0v) is 26.9. The standard InChI is InChI=1S/C31H60NO8P/c1-3-5-7-9-11-13-15-17-19-21-23-25-29(34)39-41(38,32-28(27-33)31(36)37)40-30(35)26-24-22-20-18-16-14-12-10-8-6-4-2/h28,33H,3-27H2,1-2H3,(H,32,38)(H,36,37)/t28-/m0/s1. The first-order chi connectivity index (χ1) is 19.8. The molecule has 0 aliphatic rings. The minimum atomic E-state index is -4.61. The SMILES string of the molecule is CCCCCCCCCCCCCC(=O)OP(=O)(N[C@@H](CO)C(=O)O)OC(=O)CCCCCCCCCCCCC. The van der Waals surface area contributed by atoms with Crippen LogP contribution in [0.25, 0.3) is 0 Å². The number of carbonyl (C=O) groups is 3. The van der Waals surface area contributed by atoms with Gasteiger partial charge >= 0.3 is 25.7 Å². The zero-order chi connectivity index (χ0) is 30.6. The average molecular weight is 606 g/mol. The molecular weight excluding hydrogens is 545 g/mol. The van der Waals surface area contributed by atoms with E-state index < -0.39 is 38.3 Å². The van der Waals surface area contributed by atoms with E-state index in [1.165, 1.54) is 89.9 Å². The molecule has 0 aromatic rings. The highest BCUT2D eigenvalue weighted by Gasteiger charge is 2.37. The molecule has 10 heteroatoms. The van der Waals surface area contributed by atoms with Gasteiger partial charge in [0, 0.05) is 12.8 Å².